The van der Waals surface area contributed by atoms with Crippen molar-refractivity contribution in [1.82, 2.24) is 10.3 Å². The molecule has 0 aromatic carbocycles. The second-order valence-corrected chi connectivity index (χ2v) is 3.13. The Labute approximate surface area is 76.9 Å². The quantitative estimate of drug-likeness (QED) is 0.198. The topological polar surface area (TPSA) is 96.7 Å². The summed E-state index contributed by atoms with van der Waals surface area (Å²) in [5.41, 5.74) is 7.66. The van der Waals surface area contributed by atoms with E-state index < -0.39 is 0 Å². The summed E-state index contributed by atoms with van der Waals surface area (Å²) in [5.74, 6) is 5.44. The van der Waals surface area contributed by atoms with Crippen LogP contribution in [0.3, 0.4) is 0 Å². The number of piperidine rings is 1. The van der Waals surface area contributed by atoms with Crippen molar-refractivity contribution in [3.63, 3.8) is 0 Å². The lowest BCUT2D eigenvalue weighted by Gasteiger charge is -2.27. The van der Waals surface area contributed by atoms with Crippen LogP contribution in [0.1, 0.15) is 12.8 Å². The number of likely N-dealkylation sites (N-methyl/N-ethyl adjacent to an activating group) is 1. The molecule has 0 aromatic rings. The summed E-state index contributed by atoms with van der Waals surface area (Å²) in [6, 6.07) is 0.0683. The van der Waals surface area contributed by atoms with Crippen LogP contribution in [0.25, 0.3) is 0 Å². The third kappa shape index (κ3) is 2.59. The Morgan fingerprint density at radius 2 is 2.46 bits per heavy atom. The number of likely N-dealkylation sites (tertiary alicyclic amines) is 1. The van der Waals surface area contributed by atoms with E-state index in [-0.39, 0.29) is 17.9 Å². The normalized spacial score (nSPS) is 24.8. The zero-order chi connectivity index (χ0) is 9.84. The van der Waals surface area contributed by atoms with Crippen molar-refractivity contribution in [2.45, 2.75) is 18.9 Å². The van der Waals surface area contributed by atoms with Gasteiger partial charge in [-0.15, -0.1) is 0 Å². The Morgan fingerprint density at radius 3 is 3.00 bits per heavy atom. The van der Waals surface area contributed by atoms with Gasteiger partial charge in [0.1, 0.15) is 0 Å². The summed E-state index contributed by atoms with van der Waals surface area (Å²) < 4.78 is 0. The number of hydrazine groups is 1. The molecule has 74 valence electrons. The number of amides is 1. The molecule has 1 aliphatic heterocycles. The molecule has 13 heavy (non-hydrogen) atoms. The van der Waals surface area contributed by atoms with E-state index >= 15 is 0 Å². The average Bonchev–Trinajstić information content (AvgIpc) is 2.11. The van der Waals surface area contributed by atoms with Gasteiger partial charge in [0.05, 0.1) is 6.04 Å². The van der Waals surface area contributed by atoms with E-state index in [0.717, 1.165) is 6.42 Å². The van der Waals surface area contributed by atoms with Gasteiger partial charge in [-0.1, -0.05) is 0 Å². The highest BCUT2D eigenvalue weighted by Gasteiger charge is 2.22. The molecule has 1 amide bonds. The highest BCUT2D eigenvalue weighted by atomic mass is 16.2. The lowest BCUT2D eigenvalue weighted by atomic mass is 10.1. The van der Waals surface area contributed by atoms with Gasteiger partial charge < -0.3 is 10.6 Å². The maximum Gasteiger partial charge on any atom is 0.222 e. The number of rotatable bonds is 1. The van der Waals surface area contributed by atoms with E-state index in [2.05, 4.69) is 10.4 Å². The molecule has 1 saturated heterocycles. The summed E-state index contributed by atoms with van der Waals surface area (Å²) in [4.78, 5) is 16.9. The van der Waals surface area contributed by atoms with Gasteiger partial charge in [-0.2, -0.15) is 0 Å². The van der Waals surface area contributed by atoms with Crippen molar-refractivity contribution in [3.8, 4) is 0 Å². The van der Waals surface area contributed by atoms with E-state index in [4.69, 9.17) is 11.6 Å². The molecule has 0 radical (unpaired) electrons. The average molecular weight is 185 g/mol. The predicted molar refractivity (Wildman–Crippen MR) is 49.6 cm³/mol. The summed E-state index contributed by atoms with van der Waals surface area (Å²) in [7, 11) is 1.76. The maximum atomic E-state index is 11.1. The summed E-state index contributed by atoms with van der Waals surface area (Å²) in [5, 5.41) is 0. The molecule has 1 heterocycles. The van der Waals surface area contributed by atoms with Gasteiger partial charge in [0.15, 0.2) is 0 Å². The first-order valence-electron chi connectivity index (χ1n) is 4.17. The van der Waals surface area contributed by atoms with Crippen LogP contribution in [-0.2, 0) is 4.79 Å². The molecule has 6 heteroatoms. The molecule has 0 spiro atoms. The molecule has 5 N–H and O–H groups in total. The third-order valence-corrected chi connectivity index (χ3v) is 2.07. The zero-order valence-electron chi connectivity index (χ0n) is 7.66. The van der Waals surface area contributed by atoms with Gasteiger partial charge in [0.25, 0.3) is 0 Å². The second kappa shape index (κ2) is 4.08. The predicted octanol–water partition coefficient (Wildman–Crippen LogP) is -1.61. The smallest absolute Gasteiger partial charge is 0.222 e. The summed E-state index contributed by atoms with van der Waals surface area (Å²) in [6.07, 6.45) is 1.27. The Kier molecular flexibility index (Phi) is 3.07. The first-order valence-corrected chi connectivity index (χ1v) is 4.17. The van der Waals surface area contributed by atoms with Gasteiger partial charge in [-0.05, 0) is 6.42 Å². The Bertz CT molecular complexity index is 227. The SMILES string of the molecule is CN1CC(N=C(N)NN)CCC1=O. The minimum absolute atomic E-state index is 0.0683. The van der Waals surface area contributed by atoms with Crippen LogP contribution in [-0.4, -0.2) is 36.4 Å². The van der Waals surface area contributed by atoms with Gasteiger partial charge in [-0.3, -0.25) is 10.2 Å². The minimum Gasteiger partial charge on any atom is -0.369 e. The van der Waals surface area contributed by atoms with Gasteiger partial charge in [0.2, 0.25) is 11.9 Å². The van der Waals surface area contributed by atoms with Crippen molar-refractivity contribution >= 4 is 11.9 Å². The fraction of sp³-hybridized carbons (Fsp3) is 0.714. The molecule has 1 aliphatic rings. The summed E-state index contributed by atoms with van der Waals surface area (Å²) in [6.45, 7) is 0.612. The highest BCUT2D eigenvalue weighted by Crippen LogP contribution is 2.12. The number of carbonyl (C=O) groups is 1. The lowest BCUT2D eigenvalue weighted by molar-refractivity contribution is -0.132. The lowest BCUT2D eigenvalue weighted by Crippen LogP contribution is -2.43. The van der Waals surface area contributed by atoms with Crippen LogP contribution in [0.5, 0.6) is 0 Å². The fourth-order valence-electron chi connectivity index (χ4n) is 1.33. The van der Waals surface area contributed by atoms with Gasteiger partial charge >= 0.3 is 0 Å². The van der Waals surface area contributed by atoms with E-state index in [1.807, 2.05) is 0 Å². The number of hydrogen-bond acceptors (Lipinski definition) is 3. The Morgan fingerprint density at radius 1 is 1.77 bits per heavy atom. The third-order valence-electron chi connectivity index (χ3n) is 2.07. The van der Waals surface area contributed by atoms with Crippen molar-refractivity contribution < 1.29 is 4.79 Å². The minimum atomic E-state index is 0.0683. The van der Waals surface area contributed by atoms with Crippen LogP contribution >= 0.6 is 0 Å². The largest absolute Gasteiger partial charge is 0.369 e. The van der Waals surface area contributed by atoms with Crippen molar-refractivity contribution in [3.05, 3.63) is 0 Å². The van der Waals surface area contributed by atoms with Crippen LogP contribution in [0.15, 0.2) is 4.99 Å². The molecular formula is C7H15N5O. The number of carbonyl (C=O) groups excluding carboxylic acids is 1. The van der Waals surface area contributed by atoms with Crippen molar-refractivity contribution in [1.29, 1.82) is 0 Å². The monoisotopic (exact) mass is 185 g/mol. The molecule has 0 aromatic heterocycles. The molecule has 1 unspecified atom stereocenters. The molecule has 6 nitrogen and oxygen atoms in total. The number of nitrogens with one attached hydrogen (secondary N) is 1. The number of nitrogens with two attached hydrogens (primary N) is 2. The second-order valence-electron chi connectivity index (χ2n) is 3.13. The fourth-order valence-corrected chi connectivity index (χ4v) is 1.33. The van der Waals surface area contributed by atoms with Gasteiger partial charge in [-0.25, -0.2) is 10.8 Å². The molecule has 1 rings (SSSR count). The van der Waals surface area contributed by atoms with Crippen molar-refractivity contribution in [2.24, 2.45) is 16.6 Å². The first kappa shape index (κ1) is 9.79. The molecular weight excluding hydrogens is 170 g/mol. The number of guanidine groups is 1. The van der Waals surface area contributed by atoms with Crippen molar-refractivity contribution in [2.75, 3.05) is 13.6 Å². The Hall–Kier alpha value is -1.30. The standard InChI is InChI=1S/C7H15N5O/c1-12-4-5(2-3-6(12)13)10-7(8)11-9/h5H,2-4,9H2,1H3,(H3,8,10,11). The van der Waals surface area contributed by atoms with E-state index in [1.165, 1.54) is 0 Å². The van der Waals surface area contributed by atoms with Crippen LogP contribution in [0.2, 0.25) is 0 Å². The summed E-state index contributed by atoms with van der Waals surface area (Å²) >= 11 is 0. The number of aliphatic imine (C=N–C) groups is 1. The molecule has 0 bridgehead atoms. The molecule has 1 fully saturated rings. The Balaban J connectivity index is 2.51. The van der Waals surface area contributed by atoms with Gasteiger partial charge in [0, 0.05) is 20.0 Å². The highest BCUT2D eigenvalue weighted by molar-refractivity contribution is 5.79. The zero-order valence-corrected chi connectivity index (χ0v) is 7.66. The molecule has 1 atom stereocenters. The van der Waals surface area contributed by atoms with Crippen LogP contribution in [0, 0.1) is 0 Å². The molecule has 0 aliphatic carbocycles. The van der Waals surface area contributed by atoms with E-state index in [1.54, 1.807) is 11.9 Å². The number of hydrogen-bond donors (Lipinski definition) is 3. The first-order chi connectivity index (χ1) is 6.13. The van der Waals surface area contributed by atoms with Crippen LogP contribution in [0.4, 0.5) is 0 Å². The maximum absolute atomic E-state index is 11.1. The molecule has 0 saturated carbocycles. The van der Waals surface area contributed by atoms with E-state index in [9.17, 15) is 4.79 Å². The number of nitrogens with zero attached hydrogens (tertiary/aromatic N) is 2. The van der Waals surface area contributed by atoms with Crippen LogP contribution < -0.4 is 17.0 Å². The van der Waals surface area contributed by atoms with E-state index in [0.29, 0.717) is 13.0 Å².